The number of amides is 2. The first kappa shape index (κ1) is 14.8. The lowest BCUT2D eigenvalue weighted by Gasteiger charge is -2.36. The molecule has 22 heavy (non-hydrogen) atoms. The van der Waals surface area contributed by atoms with Crippen molar-refractivity contribution < 1.29 is 14.3 Å². The molecular weight excluding hydrogens is 280 g/mol. The van der Waals surface area contributed by atoms with Crippen molar-refractivity contribution in [3.63, 3.8) is 0 Å². The number of morpholine rings is 1. The molecule has 0 aromatic heterocycles. The summed E-state index contributed by atoms with van der Waals surface area (Å²) in [4.78, 5) is 26.1. The van der Waals surface area contributed by atoms with Gasteiger partial charge in [0.15, 0.2) is 0 Å². The molecule has 1 unspecified atom stereocenters. The van der Waals surface area contributed by atoms with Gasteiger partial charge in [0, 0.05) is 17.8 Å². The highest BCUT2D eigenvalue weighted by atomic mass is 16.5. The van der Waals surface area contributed by atoms with E-state index < -0.39 is 0 Å². The maximum Gasteiger partial charge on any atom is 0.254 e. The SMILES string of the molecule is C=CC(=O)Nc1cccc(C(=O)N2CCOCC2C2CC2)c1. The lowest BCUT2D eigenvalue weighted by Crippen LogP contribution is -2.49. The molecule has 5 nitrogen and oxygen atoms in total. The number of nitrogens with zero attached hydrogens (tertiary/aromatic N) is 1. The van der Waals surface area contributed by atoms with Crippen molar-refractivity contribution in [1.82, 2.24) is 4.90 Å². The van der Waals surface area contributed by atoms with Gasteiger partial charge < -0.3 is 15.0 Å². The molecule has 1 heterocycles. The van der Waals surface area contributed by atoms with E-state index in [9.17, 15) is 9.59 Å². The molecule has 0 bridgehead atoms. The number of carbonyl (C=O) groups is 2. The van der Waals surface area contributed by atoms with E-state index in [1.807, 2.05) is 4.90 Å². The van der Waals surface area contributed by atoms with E-state index in [-0.39, 0.29) is 17.9 Å². The van der Waals surface area contributed by atoms with E-state index >= 15 is 0 Å². The summed E-state index contributed by atoms with van der Waals surface area (Å²) in [5.74, 6) is 0.301. The molecule has 1 saturated heterocycles. The highest BCUT2D eigenvalue weighted by Crippen LogP contribution is 2.37. The lowest BCUT2D eigenvalue weighted by atomic mass is 10.1. The molecule has 1 atom stereocenters. The fourth-order valence-electron chi connectivity index (χ4n) is 2.84. The van der Waals surface area contributed by atoms with E-state index in [4.69, 9.17) is 4.74 Å². The van der Waals surface area contributed by atoms with Crippen LogP contribution in [0.1, 0.15) is 23.2 Å². The van der Waals surface area contributed by atoms with Crippen molar-refractivity contribution in [2.24, 2.45) is 5.92 Å². The third-order valence-electron chi connectivity index (χ3n) is 4.15. The van der Waals surface area contributed by atoms with Crippen molar-refractivity contribution in [3.05, 3.63) is 42.5 Å². The van der Waals surface area contributed by atoms with Crippen molar-refractivity contribution in [1.29, 1.82) is 0 Å². The Hall–Kier alpha value is -2.14. The van der Waals surface area contributed by atoms with Crippen LogP contribution in [0.15, 0.2) is 36.9 Å². The van der Waals surface area contributed by atoms with E-state index in [1.54, 1.807) is 24.3 Å². The van der Waals surface area contributed by atoms with Gasteiger partial charge in [0.25, 0.3) is 5.91 Å². The minimum Gasteiger partial charge on any atom is -0.377 e. The highest BCUT2D eigenvalue weighted by Gasteiger charge is 2.39. The van der Waals surface area contributed by atoms with Crippen molar-refractivity contribution >= 4 is 17.5 Å². The summed E-state index contributed by atoms with van der Waals surface area (Å²) in [6.45, 7) is 5.26. The van der Waals surface area contributed by atoms with Crippen LogP contribution in [-0.2, 0) is 9.53 Å². The van der Waals surface area contributed by atoms with Crippen LogP contribution in [0.3, 0.4) is 0 Å². The molecule has 1 saturated carbocycles. The van der Waals surface area contributed by atoms with Crippen LogP contribution in [0.5, 0.6) is 0 Å². The highest BCUT2D eigenvalue weighted by molar-refractivity contribution is 6.00. The second kappa shape index (κ2) is 6.32. The predicted molar refractivity (Wildman–Crippen MR) is 83.6 cm³/mol. The third-order valence-corrected chi connectivity index (χ3v) is 4.15. The first-order valence-electron chi connectivity index (χ1n) is 7.61. The summed E-state index contributed by atoms with van der Waals surface area (Å²) < 4.78 is 5.53. The second-order valence-corrected chi connectivity index (χ2v) is 5.75. The van der Waals surface area contributed by atoms with Gasteiger partial charge in [-0.15, -0.1) is 0 Å². The van der Waals surface area contributed by atoms with Crippen LogP contribution in [0.2, 0.25) is 0 Å². The van der Waals surface area contributed by atoms with E-state index in [0.717, 1.165) is 0 Å². The first-order chi connectivity index (χ1) is 10.7. The Labute approximate surface area is 129 Å². The average Bonchev–Trinajstić information content (AvgIpc) is 3.39. The Bertz CT molecular complexity index is 595. The second-order valence-electron chi connectivity index (χ2n) is 5.75. The monoisotopic (exact) mass is 300 g/mol. The summed E-state index contributed by atoms with van der Waals surface area (Å²) in [6.07, 6.45) is 3.56. The number of hydrogen-bond acceptors (Lipinski definition) is 3. The van der Waals surface area contributed by atoms with Crippen LogP contribution in [-0.4, -0.2) is 42.5 Å². The molecule has 116 valence electrons. The molecule has 2 amide bonds. The molecule has 1 aromatic carbocycles. The van der Waals surface area contributed by atoms with E-state index in [1.165, 1.54) is 18.9 Å². The number of hydrogen-bond donors (Lipinski definition) is 1. The predicted octanol–water partition coefficient (Wildman–Crippen LogP) is 2.06. The molecule has 1 aliphatic carbocycles. The minimum atomic E-state index is -0.285. The average molecular weight is 300 g/mol. The number of benzene rings is 1. The topological polar surface area (TPSA) is 58.6 Å². The van der Waals surface area contributed by atoms with Gasteiger partial charge in [-0.1, -0.05) is 12.6 Å². The zero-order chi connectivity index (χ0) is 15.5. The fraction of sp³-hybridized carbons (Fsp3) is 0.412. The zero-order valence-corrected chi connectivity index (χ0v) is 12.5. The standard InChI is InChI=1S/C17H20N2O3/c1-2-16(20)18-14-5-3-4-13(10-14)17(21)19-8-9-22-11-15(19)12-6-7-12/h2-5,10,12,15H,1,6-9,11H2,(H,18,20). The van der Waals surface area contributed by atoms with Crippen molar-refractivity contribution in [2.45, 2.75) is 18.9 Å². The van der Waals surface area contributed by atoms with E-state index in [0.29, 0.717) is 36.9 Å². The van der Waals surface area contributed by atoms with Gasteiger partial charge in [0.05, 0.1) is 19.3 Å². The molecule has 1 aliphatic heterocycles. The smallest absolute Gasteiger partial charge is 0.254 e. The molecule has 5 heteroatoms. The van der Waals surface area contributed by atoms with Gasteiger partial charge in [0.1, 0.15) is 0 Å². The molecule has 1 aromatic rings. The number of nitrogens with one attached hydrogen (secondary N) is 1. The van der Waals surface area contributed by atoms with Crippen LogP contribution in [0, 0.1) is 5.92 Å². The Kier molecular flexibility index (Phi) is 4.24. The summed E-state index contributed by atoms with van der Waals surface area (Å²) >= 11 is 0. The fourth-order valence-corrected chi connectivity index (χ4v) is 2.84. The maximum absolute atomic E-state index is 12.8. The summed E-state index contributed by atoms with van der Waals surface area (Å²) in [5, 5.41) is 2.68. The number of anilines is 1. The van der Waals surface area contributed by atoms with Crippen molar-refractivity contribution in [2.75, 3.05) is 25.1 Å². The first-order valence-corrected chi connectivity index (χ1v) is 7.61. The quantitative estimate of drug-likeness (QED) is 0.866. The van der Waals surface area contributed by atoms with Crippen molar-refractivity contribution in [3.8, 4) is 0 Å². The molecular formula is C17H20N2O3. The van der Waals surface area contributed by atoms with Crippen LogP contribution in [0.25, 0.3) is 0 Å². The number of ether oxygens (including phenoxy) is 1. The normalized spacial score (nSPS) is 21.3. The van der Waals surface area contributed by atoms with Gasteiger partial charge in [-0.05, 0) is 43.0 Å². The third kappa shape index (κ3) is 3.20. The zero-order valence-electron chi connectivity index (χ0n) is 12.5. The molecule has 0 spiro atoms. The van der Waals surface area contributed by atoms with Crippen LogP contribution >= 0.6 is 0 Å². The maximum atomic E-state index is 12.8. The molecule has 1 N–H and O–H groups in total. The molecule has 2 aliphatic rings. The summed E-state index contributed by atoms with van der Waals surface area (Å²) in [6, 6.07) is 7.22. The van der Waals surface area contributed by atoms with Gasteiger partial charge in [-0.2, -0.15) is 0 Å². The van der Waals surface area contributed by atoms with Crippen LogP contribution in [0.4, 0.5) is 5.69 Å². The number of carbonyl (C=O) groups excluding carboxylic acids is 2. The Morgan fingerprint density at radius 1 is 1.36 bits per heavy atom. The van der Waals surface area contributed by atoms with Gasteiger partial charge in [0.2, 0.25) is 5.91 Å². The molecule has 2 fully saturated rings. The minimum absolute atomic E-state index is 0.00917. The van der Waals surface area contributed by atoms with Crippen LogP contribution < -0.4 is 5.32 Å². The largest absolute Gasteiger partial charge is 0.377 e. The summed E-state index contributed by atoms with van der Waals surface area (Å²) in [7, 11) is 0. The number of rotatable bonds is 4. The lowest BCUT2D eigenvalue weighted by molar-refractivity contribution is -0.111. The van der Waals surface area contributed by atoms with Gasteiger partial charge >= 0.3 is 0 Å². The summed E-state index contributed by atoms with van der Waals surface area (Å²) in [5.41, 5.74) is 1.20. The Morgan fingerprint density at radius 3 is 2.91 bits per heavy atom. The van der Waals surface area contributed by atoms with E-state index in [2.05, 4.69) is 11.9 Å². The van der Waals surface area contributed by atoms with Gasteiger partial charge in [-0.25, -0.2) is 0 Å². The van der Waals surface area contributed by atoms with Gasteiger partial charge in [-0.3, -0.25) is 9.59 Å². The molecule has 3 rings (SSSR count). The Morgan fingerprint density at radius 2 is 2.18 bits per heavy atom. The Balaban J connectivity index is 1.77. The molecule has 0 radical (unpaired) electrons.